The molecule has 0 radical (unpaired) electrons. The van der Waals surface area contributed by atoms with Gasteiger partial charge in [-0.1, -0.05) is 12.1 Å². The molecule has 0 spiro atoms. The summed E-state index contributed by atoms with van der Waals surface area (Å²) in [6, 6.07) is 9.13. The van der Waals surface area contributed by atoms with Gasteiger partial charge in [0.15, 0.2) is 0 Å². The predicted molar refractivity (Wildman–Crippen MR) is 99.6 cm³/mol. The van der Waals surface area contributed by atoms with Crippen LogP contribution in [0.1, 0.15) is 28.8 Å². The number of hydrogen-bond acceptors (Lipinski definition) is 6. The van der Waals surface area contributed by atoms with Crippen molar-refractivity contribution in [3.63, 3.8) is 0 Å². The van der Waals surface area contributed by atoms with Crippen LogP contribution in [0.5, 0.6) is 0 Å². The van der Waals surface area contributed by atoms with Gasteiger partial charge < -0.3 is 20.4 Å². The highest BCUT2D eigenvalue weighted by atomic mass is 16.4. The van der Waals surface area contributed by atoms with E-state index in [9.17, 15) is 4.79 Å². The van der Waals surface area contributed by atoms with Crippen LogP contribution < -0.4 is 10.2 Å². The molecule has 3 rings (SSSR count). The Morgan fingerprint density at radius 3 is 2.77 bits per heavy atom. The van der Waals surface area contributed by atoms with E-state index in [0.717, 1.165) is 49.6 Å². The molecule has 1 aliphatic heterocycles. The number of anilines is 2. The number of rotatable bonds is 7. The quantitative estimate of drug-likeness (QED) is 0.698. The van der Waals surface area contributed by atoms with Gasteiger partial charge in [-0.25, -0.2) is 14.8 Å². The molecule has 0 amide bonds. The lowest BCUT2D eigenvalue weighted by Gasteiger charge is -2.33. The summed E-state index contributed by atoms with van der Waals surface area (Å²) in [4.78, 5) is 21.9. The van der Waals surface area contributed by atoms with E-state index in [1.165, 1.54) is 0 Å². The van der Waals surface area contributed by atoms with Crippen LogP contribution in [-0.2, 0) is 6.42 Å². The number of nitrogens with one attached hydrogen (secondary N) is 1. The molecule has 1 aromatic heterocycles. The molecule has 0 atom stereocenters. The van der Waals surface area contributed by atoms with Gasteiger partial charge in [0.25, 0.3) is 0 Å². The molecule has 138 valence electrons. The third kappa shape index (κ3) is 4.70. The number of benzene rings is 1. The number of aromatic carboxylic acids is 1. The Morgan fingerprint density at radius 1 is 1.23 bits per heavy atom. The Hall–Kier alpha value is -2.67. The number of aromatic nitrogens is 2. The minimum Gasteiger partial charge on any atom is -0.478 e. The summed E-state index contributed by atoms with van der Waals surface area (Å²) in [5.74, 6) is 1.28. The second-order valence-corrected chi connectivity index (χ2v) is 6.55. The van der Waals surface area contributed by atoms with Crippen LogP contribution in [0.15, 0.2) is 36.7 Å². The summed E-state index contributed by atoms with van der Waals surface area (Å²) in [5.41, 5.74) is 1.43. The van der Waals surface area contributed by atoms with Crippen LogP contribution in [0.3, 0.4) is 0 Å². The van der Waals surface area contributed by atoms with Crippen LogP contribution in [0.4, 0.5) is 11.6 Å². The van der Waals surface area contributed by atoms with Crippen LogP contribution in [0, 0.1) is 5.92 Å². The van der Waals surface area contributed by atoms with Crippen molar-refractivity contribution in [2.24, 2.45) is 5.92 Å². The largest absolute Gasteiger partial charge is 0.478 e. The Bertz CT molecular complexity index is 745. The molecule has 2 aromatic rings. The van der Waals surface area contributed by atoms with Gasteiger partial charge >= 0.3 is 5.97 Å². The Morgan fingerprint density at radius 2 is 2.04 bits per heavy atom. The topological polar surface area (TPSA) is 98.6 Å². The predicted octanol–water partition coefficient (Wildman–Crippen LogP) is 2.04. The highest BCUT2D eigenvalue weighted by molar-refractivity contribution is 5.87. The van der Waals surface area contributed by atoms with Crippen LogP contribution in [0.2, 0.25) is 0 Å². The van der Waals surface area contributed by atoms with E-state index in [1.807, 2.05) is 18.2 Å². The first-order chi connectivity index (χ1) is 12.7. The molecule has 0 aliphatic carbocycles. The number of hydrogen-bond donors (Lipinski definition) is 3. The Labute approximate surface area is 152 Å². The first kappa shape index (κ1) is 18.1. The molecule has 0 unspecified atom stereocenters. The zero-order valence-corrected chi connectivity index (χ0v) is 14.6. The van der Waals surface area contributed by atoms with Crippen molar-refractivity contribution >= 4 is 17.6 Å². The number of piperidine rings is 1. The number of carbonyl (C=O) groups is 1. The molecular formula is C19H24N4O3. The summed E-state index contributed by atoms with van der Waals surface area (Å²) >= 11 is 0. The van der Waals surface area contributed by atoms with Crippen molar-refractivity contribution in [2.45, 2.75) is 19.3 Å². The first-order valence-electron chi connectivity index (χ1n) is 8.89. The van der Waals surface area contributed by atoms with Crippen molar-refractivity contribution in [2.75, 3.05) is 36.5 Å². The first-order valence-corrected chi connectivity index (χ1v) is 8.89. The molecule has 3 N–H and O–H groups in total. The van der Waals surface area contributed by atoms with E-state index in [2.05, 4.69) is 20.2 Å². The summed E-state index contributed by atoms with van der Waals surface area (Å²) in [6.07, 6.45) is 4.53. The van der Waals surface area contributed by atoms with E-state index in [-0.39, 0.29) is 6.61 Å². The van der Waals surface area contributed by atoms with Gasteiger partial charge in [0, 0.05) is 25.7 Å². The molecule has 7 nitrogen and oxygen atoms in total. The smallest absolute Gasteiger partial charge is 0.335 e. The van der Waals surface area contributed by atoms with Gasteiger partial charge in [-0.2, -0.15) is 0 Å². The lowest BCUT2D eigenvalue weighted by atomic mass is 9.89. The standard InChI is InChI=1S/C19H24N4O3/c24-9-6-20-17-12-18(22-13-21-17)23-7-4-14(5-8-23)10-15-2-1-3-16(11-15)19(25)26/h1-3,11-14,24H,4-10H2,(H,25,26)(H,20,21,22). The van der Waals surface area contributed by atoms with E-state index in [0.29, 0.717) is 18.0 Å². The minimum absolute atomic E-state index is 0.0633. The average Bonchev–Trinajstić information content (AvgIpc) is 2.67. The Balaban J connectivity index is 1.56. The van der Waals surface area contributed by atoms with Gasteiger partial charge in [-0.3, -0.25) is 0 Å². The maximum absolute atomic E-state index is 11.1. The van der Waals surface area contributed by atoms with Gasteiger partial charge in [-0.15, -0.1) is 0 Å². The second-order valence-electron chi connectivity index (χ2n) is 6.55. The maximum Gasteiger partial charge on any atom is 0.335 e. The van der Waals surface area contributed by atoms with Gasteiger partial charge in [-0.05, 0) is 42.9 Å². The maximum atomic E-state index is 11.1. The molecule has 0 saturated carbocycles. The van der Waals surface area contributed by atoms with Crippen molar-refractivity contribution in [1.29, 1.82) is 0 Å². The highest BCUT2D eigenvalue weighted by Gasteiger charge is 2.21. The van der Waals surface area contributed by atoms with E-state index in [4.69, 9.17) is 10.2 Å². The van der Waals surface area contributed by atoms with Gasteiger partial charge in [0.05, 0.1) is 12.2 Å². The summed E-state index contributed by atoms with van der Waals surface area (Å²) in [5, 5.41) is 21.1. The second kappa shape index (κ2) is 8.62. The van der Waals surface area contributed by atoms with Crippen molar-refractivity contribution in [3.05, 3.63) is 47.8 Å². The van der Waals surface area contributed by atoms with Crippen molar-refractivity contribution in [1.82, 2.24) is 9.97 Å². The van der Waals surface area contributed by atoms with Gasteiger partial charge in [0.2, 0.25) is 0 Å². The molecule has 0 bridgehead atoms. The van der Waals surface area contributed by atoms with Crippen LogP contribution in [0.25, 0.3) is 0 Å². The fourth-order valence-corrected chi connectivity index (χ4v) is 3.33. The zero-order chi connectivity index (χ0) is 18.4. The number of nitrogens with zero attached hydrogens (tertiary/aromatic N) is 3. The molecule has 1 fully saturated rings. The van der Waals surface area contributed by atoms with E-state index < -0.39 is 5.97 Å². The number of aliphatic hydroxyl groups excluding tert-OH is 1. The minimum atomic E-state index is -0.879. The van der Waals surface area contributed by atoms with Crippen LogP contribution >= 0.6 is 0 Å². The molecule has 1 aliphatic rings. The highest BCUT2D eigenvalue weighted by Crippen LogP contribution is 2.25. The number of carboxylic acid groups (broad SMARTS) is 1. The molecule has 26 heavy (non-hydrogen) atoms. The molecule has 7 heteroatoms. The third-order valence-corrected chi connectivity index (χ3v) is 4.71. The number of carboxylic acids is 1. The van der Waals surface area contributed by atoms with E-state index in [1.54, 1.807) is 18.5 Å². The lowest BCUT2D eigenvalue weighted by Crippen LogP contribution is -2.35. The zero-order valence-electron chi connectivity index (χ0n) is 14.6. The third-order valence-electron chi connectivity index (χ3n) is 4.71. The summed E-state index contributed by atoms with van der Waals surface area (Å²) < 4.78 is 0. The van der Waals surface area contributed by atoms with Crippen molar-refractivity contribution < 1.29 is 15.0 Å². The van der Waals surface area contributed by atoms with Crippen molar-refractivity contribution in [3.8, 4) is 0 Å². The van der Waals surface area contributed by atoms with Crippen LogP contribution in [-0.4, -0.2) is 52.4 Å². The van der Waals surface area contributed by atoms with E-state index >= 15 is 0 Å². The fraction of sp³-hybridized carbons (Fsp3) is 0.421. The lowest BCUT2D eigenvalue weighted by molar-refractivity contribution is 0.0696. The number of aliphatic hydroxyl groups is 1. The monoisotopic (exact) mass is 356 g/mol. The van der Waals surface area contributed by atoms with Gasteiger partial charge in [0.1, 0.15) is 18.0 Å². The molecule has 1 saturated heterocycles. The molecular weight excluding hydrogens is 332 g/mol. The molecule has 1 aromatic carbocycles. The fourth-order valence-electron chi connectivity index (χ4n) is 3.33. The SMILES string of the molecule is O=C(O)c1cccc(CC2CCN(c3cc(NCCO)ncn3)CC2)c1. The molecule has 2 heterocycles. The average molecular weight is 356 g/mol. The normalized spacial score (nSPS) is 15.0. The Kier molecular flexibility index (Phi) is 6.01. The summed E-state index contributed by atoms with van der Waals surface area (Å²) in [7, 11) is 0. The summed E-state index contributed by atoms with van der Waals surface area (Å²) in [6.45, 7) is 2.36.